The Hall–Kier alpha value is -1.90. The molecule has 1 amide bonds. The molecule has 1 aromatic carbocycles. The molecule has 1 aliphatic rings. The number of aromatic nitrogens is 2. The van der Waals surface area contributed by atoms with Crippen molar-refractivity contribution in [3.63, 3.8) is 0 Å². The molecule has 0 radical (unpaired) electrons. The lowest BCUT2D eigenvalue weighted by molar-refractivity contribution is -0.120. The monoisotopic (exact) mass is 382 g/mol. The van der Waals surface area contributed by atoms with Crippen molar-refractivity contribution in [1.82, 2.24) is 14.1 Å². The number of sulfonamides is 1. The number of amides is 1. The summed E-state index contributed by atoms with van der Waals surface area (Å²) in [5.41, 5.74) is 1.07. The number of rotatable bonds is 3. The highest BCUT2D eigenvalue weighted by molar-refractivity contribution is 7.89. The number of anilines is 1. The number of hydrogen-bond donors (Lipinski definition) is 0. The fourth-order valence-corrected chi connectivity index (χ4v) is 5.31. The van der Waals surface area contributed by atoms with Crippen LogP contribution in [0, 0.1) is 6.92 Å². The van der Waals surface area contributed by atoms with Crippen molar-refractivity contribution in [2.75, 3.05) is 18.0 Å². The average Bonchev–Trinajstić information content (AvgIpc) is 2.83. The van der Waals surface area contributed by atoms with Crippen LogP contribution in [0.4, 0.5) is 5.69 Å². The van der Waals surface area contributed by atoms with Gasteiger partial charge in [0.25, 0.3) is 0 Å². The first-order valence-corrected chi connectivity index (χ1v) is 9.61. The molecule has 2 aromatic rings. The van der Waals surface area contributed by atoms with Crippen LogP contribution in [0.3, 0.4) is 0 Å². The van der Waals surface area contributed by atoms with Gasteiger partial charge < -0.3 is 4.90 Å². The number of carbonyl (C=O) groups is 1. The molecule has 1 aromatic heterocycles. The molecular formula is C16H19ClN4O3S. The summed E-state index contributed by atoms with van der Waals surface area (Å²) in [5, 5.41) is 4.11. The lowest BCUT2D eigenvalue weighted by Crippen LogP contribution is -2.57. The number of carbonyl (C=O) groups excluding carboxylic acids is 1. The molecule has 2 heterocycles. The molecule has 1 saturated heterocycles. The third-order valence-corrected chi connectivity index (χ3v) is 6.92. The summed E-state index contributed by atoms with van der Waals surface area (Å²) in [6, 6.07) is 8.82. The van der Waals surface area contributed by atoms with E-state index in [1.807, 2.05) is 30.3 Å². The molecule has 25 heavy (non-hydrogen) atoms. The van der Waals surface area contributed by atoms with Crippen molar-refractivity contribution < 1.29 is 13.2 Å². The number of nitrogens with zero attached hydrogens (tertiary/aromatic N) is 4. The predicted molar refractivity (Wildman–Crippen MR) is 95.1 cm³/mol. The summed E-state index contributed by atoms with van der Waals surface area (Å²) in [6.07, 6.45) is 0. The van der Waals surface area contributed by atoms with E-state index in [4.69, 9.17) is 11.6 Å². The molecule has 0 bridgehead atoms. The Kier molecular flexibility index (Phi) is 4.61. The molecule has 1 fully saturated rings. The number of para-hydroxylation sites is 1. The summed E-state index contributed by atoms with van der Waals surface area (Å²) in [7, 11) is -2.34. The van der Waals surface area contributed by atoms with Crippen molar-refractivity contribution >= 4 is 33.2 Å². The Morgan fingerprint density at radius 2 is 1.88 bits per heavy atom. The molecule has 9 heteroatoms. The van der Waals surface area contributed by atoms with Gasteiger partial charge in [-0.05, 0) is 26.0 Å². The maximum Gasteiger partial charge on any atom is 0.248 e. The quantitative estimate of drug-likeness (QED) is 0.811. The summed E-state index contributed by atoms with van der Waals surface area (Å²) >= 11 is 6.13. The molecule has 3 rings (SSSR count). The third-order valence-electron chi connectivity index (χ3n) is 4.27. The number of piperazine rings is 1. The third kappa shape index (κ3) is 3.05. The predicted octanol–water partition coefficient (Wildman–Crippen LogP) is 1.81. The van der Waals surface area contributed by atoms with Gasteiger partial charge in [-0.25, -0.2) is 8.42 Å². The zero-order chi connectivity index (χ0) is 18.4. The number of aryl methyl sites for hydroxylation is 2. The highest BCUT2D eigenvalue weighted by Gasteiger charge is 2.40. The maximum absolute atomic E-state index is 13.1. The van der Waals surface area contributed by atoms with E-state index in [-0.39, 0.29) is 29.0 Å². The Balaban J connectivity index is 1.93. The molecular weight excluding hydrogens is 364 g/mol. The highest BCUT2D eigenvalue weighted by Crippen LogP contribution is 2.30. The first-order chi connectivity index (χ1) is 11.7. The second kappa shape index (κ2) is 6.44. The van der Waals surface area contributed by atoms with Crippen LogP contribution in [-0.4, -0.2) is 47.5 Å². The lowest BCUT2D eigenvalue weighted by Gasteiger charge is -2.38. The van der Waals surface area contributed by atoms with Crippen LogP contribution in [0.25, 0.3) is 0 Å². The molecule has 7 nitrogen and oxygen atoms in total. The van der Waals surface area contributed by atoms with E-state index < -0.39 is 16.1 Å². The standard InChI is InChI=1S/C16H19ClN4O3S/c1-11-9-20(13-7-5-4-6-8-13)14(22)10-21(11)25(23,24)15-12(2)18-19(3)16(15)17/h4-8,11H,9-10H2,1-3H3/t11-/m1/s1. The minimum absolute atomic E-state index is 0.0375. The smallest absolute Gasteiger partial charge is 0.248 e. The second-order valence-electron chi connectivity index (χ2n) is 6.07. The molecule has 134 valence electrons. The second-order valence-corrected chi connectivity index (χ2v) is 8.25. The van der Waals surface area contributed by atoms with Crippen molar-refractivity contribution in [2.45, 2.75) is 24.8 Å². The number of benzene rings is 1. The number of hydrogen-bond acceptors (Lipinski definition) is 4. The Bertz CT molecular complexity index is 911. The minimum Gasteiger partial charge on any atom is -0.310 e. The van der Waals surface area contributed by atoms with Gasteiger partial charge in [-0.1, -0.05) is 29.8 Å². The van der Waals surface area contributed by atoms with Crippen LogP contribution in [0.15, 0.2) is 35.2 Å². The van der Waals surface area contributed by atoms with Gasteiger partial charge in [0.1, 0.15) is 10.0 Å². The van der Waals surface area contributed by atoms with Crippen LogP contribution in [-0.2, 0) is 21.9 Å². The van der Waals surface area contributed by atoms with E-state index in [0.29, 0.717) is 5.69 Å². The summed E-state index contributed by atoms with van der Waals surface area (Å²) in [4.78, 5) is 14.1. The van der Waals surface area contributed by atoms with Gasteiger partial charge in [0.15, 0.2) is 0 Å². The topological polar surface area (TPSA) is 75.5 Å². The van der Waals surface area contributed by atoms with Crippen molar-refractivity contribution in [3.05, 3.63) is 41.2 Å². The maximum atomic E-state index is 13.1. The molecule has 0 N–H and O–H groups in total. The SMILES string of the molecule is Cc1nn(C)c(Cl)c1S(=O)(=O)N1CC(=O)N(c2ccccc2)C[C@H]1C. The average molecular weight is 383 g/mol. The normalized spacial score (nSPS) is 19.4. The van der Waals surface area contributed by atoms with E-state index in [1.165, 1.54) is 8.99 Å². The number of halogens is 1. The van der Waals surface area contributed by atoms with Gasteiger partial charge in [0.05, 0.1) is 12.2 Å². The van der Waals surface area contributed by atoms with Gasteiger partial charge in [-0.15, -0.1) is 0 Å². The summed E-state index contributed by atoms with van der Waals surface area (Å²) < 4.78 is 28.6. The van der Waals surface area contributed by atoms with Gasteiger partial charge in [0, 0.05) is 25.3 Å². The van der Waals surface area contributed by atoms with Crippen molar-refractivity contribution in [3.8, 4) is 0 Å². The Morgan fingerprint density at radius 3 is 2.44 bits per heavy atom. The van der Waals surface area contributed by atoms with E-state index in [2.05, 4.69) is 5.10 Å². The Morgan fingerprint density at radius 1 is 1.24 bits per heavy atom. The van der Waals surface area contributed by atoms with Crippen LogP contribution >= 0.6 is 11.6 Å². The molecule has 0 aliphatic carbocycles. The molecule has 1 aliphatic heterocycles. The van der Waals surface area contributed by atoms with Crippen LogP contribution < -0.4 is 4.90 Å². The van der Waals surface area contributed by atoms with Crippen molar-refractivity contribution in [1.29, 1.82) is 0 Å². The van der Waals surface area contributed by atoms with Crippen LogP contribution in [0.1, 0.15) is 12.6 Å². The summed E-state index contributed by atoms with van der Waals surface area (Å²) in [6.45, 7) is 3.41. The van der Waals surface area contributed by atoms with Crippen LogP contribution in [0.5, 0.6) is 0 Å². The van der Waals surface area contributed by atoms with E-state index in [1.54, 1.807) is 25.8 Å². The van der Waals surface area contributed by atoms with Gasteiger partial charge in [-0.2, -0.15) is 9.40 Å². The van der Waals surface area contributed by atoms with Gasteiger partial charge in [-0.3, -0.25) is 9.48 Å². The fourth-order valence-electron chi connectivity index (χ4n) is 3.03. The molecule has 0 spiro atoms. The lowest BCUT2D eigenvalue weighted by atomic mass is 10.2. The molecule has 0 unspecified atom stereocenters. The van der Waals surface area contributed by atoms with Gasteiger partial charge in [0.2, 0.25) is 15.9 Å². The first kappa shape index (κ1) is 17.9. The van der Waals surface area contributed by atoms with Crippen molar-refractivity contribution in [2.24, 2.45) is 7.05 Å². The van der Waals surface area contributed by atoms with E-state index in [9.17, 15) is 13.2 Å². The molecule has 0 saturated carbocycles. The van der Waals surface area contributed by atoms with Gasteiger partial charge >= 0.3 is 0 Å². The van der Waals surface area contributed by atoms with Crippen LogP contribution in [0.2, 0.25) is 5.15 Å². The molecule has 1 atom stereocenters. The fraction of sp³-hybridized carbons (Fsp3) is 0.375. The zero-order valence-corrected chi connectivity index (χ0v) is 15.8. The zero-order valence-electron chi connectivity index (χ0n) is 14.2. The summed E-state index contributed by atoms with van der Waals surface area (Å²) in [5.74, 6) is -0.273. The van der Waals surface area contributed by atoms with E-state index >= 15 is 0 Å². The first-order valence-electron chi connectivity index (χ1n) is 7.80. The minimum atomic E-state index is -3.92. The van der Waals surface area contributed by atoms with E-state index in [0.717, 1.165) is 5.69 Å². The highest BCUT2D eigenvalue weighted by atomic mass is 35.5. The largest absolute Gasteiger partial charge is 0.310 e. The Labute approximate surface area is 151 Å².